The van der Waals surface area contributed by atoms with Crippen LogP contribution in [0.5, 0.6) is 0 Å². The minimum Gasteiger partial charge on any atom is -0.591 e. The smallest absolute Gasteiger partial charge is 0.144 e. The van der Waals surface area contributed by atoms with Gasteiger partial charge in [-0.1, -0.05) is 26.4 Å². The highest BCUT2D eigenvalue weighted by molar-refractivity contribution is 9.10. The average Bonchev–Trinajstić information content (AvgIpc) is 2.82. The van der Waals surface area contributed by atoms with E-state index in [4.69, 9.17) is 9.13 Å². The van der Waals surface area contributed by atoms with E-state index in [1.807, 2.05) is 20.8 Å². The third-order valence-electron chi connectivity index (χ3n) is 5.41. The molecule has 3 rings (SSSR count). The maximum Gasteiger partial charge on any atom is 0.144 e. The van der Waals surface area contributed by atoms with Crippen LogP contribution in [0.1, 0.15) is 71.4 Å². The van der Waals surface area contributed by atoms with Crippen molar-refractivity contribution in [3.63, 3.8) is 0 Å². The van der Waals surface area contributed by atoms with Crippen LogP contribution in [0.2, 0.25) is 0 Å². The molecule has 0 N–H and O–H groups in total. The Hall–Kier alpha value is -0.360. The molecule has 0 heterocycles. The third-order valence-corrected chi connectivity index (χ3v) is 7.30. The van der Waals surface area contributed by atoms with Gasteiger partial charge in [-0.3, -0.25) is 0 Å². The molecular weight excluding hydrogens is 410 g/mol. The Balaban J connectivity index is 1.94. The minimum atomic E-state index is -1.25. The lowest BCUT2D eigenvalue weighted by Crippen LogP contribution is -2.38. The van der Waals surface area contributed by atoms with Crippen molar-refractivity contribution in [2.75, 3.05) is 0 Å². The third kappa shape index (κ3) is 4.21. The number of fused-ring (bicyclic) bond motifs is 1. The molecule has 3 nitrogen and oxygen atoms in total. The van der Waals surface area contributed by atoms with Gasteiger partial charge in [-0.15, -0.1) is 0 Å². The SMILES string of the molecule is CC(C)O[C@H]1CC[C@]2(CC1)Cc1ccc(Br)cc1/C2=N/[S+]([O-])C(C)(C)C. The molecule has 0 saturated heterocycles. The van der Waals surface area contributed by atoms with E-state index >= 15 is 0 Å². The average molecular weight is 440 g/mol. The van der Waals surface area contributed by atoms with Crippen LogP contribution in [0.15, 0.2) is 27.1 Å². The van der Waals surface area contributed by atoms with Crippen molar-refractivity contribution in [2.24, 2.45) is 9.81 Å². The monoisotopic (exact) mass is 439 g/mol. The second-order valence-electron chi connectivity index (χ2n) is 8.94. The summed E-state index contributed by atoms with van der Waals surface area (Å²) in [5, 5.41) is 0. The van der Waals surface area contributed by atoms with Crippen molar-refractivity contribution in [1.29, 1.82) is 0 Å². The lowest BCUT2D eigenvalue weighted by Gasteiger charge is -2.38. The van der Waals surface area contributed by atoms with E-state index in [2.05, 4.69) is 48.0 Å². The summed E-state index contributed by atoms with van der Waals surface area (Å²) >= 11 is 2.35. The van der Waals surface area contributed by atoms with Gasteiger partial charge < -0.3 is 9.29 Å². The predicted octanol–water partition coefficient (Wildman–Crippen LogP) is 5.61. The van der Waals surface area contributed by atoms with Crippen molar-refractivity contribution in [2.45, 2.75) is 83.7 Å². The fourth-order valence-electron chi connectivity index (χ4n) is 4.10. The van der Waals surface area contributed by atoms with Crippen LogP contribution >= 0.6 is 15.9 Å². The first-order valence-electron chi connectivity index (χ1n) is 9.56. The predicted molar refractivity (Wildman–Crippen MR) is 113 cm³/mol. The van der Waals surface area contributed by atoms with E-state index in [1.165, 1.54) is 11.1 Å². The molecule has 0 aromatic heterocycles. The topological polar surface area (TPSA) is 44.6 Å². The van der Waals surface area contributed by atoms with Crippen LogP contribution in [0.3, 0.4) is 0 Å². The highest BCUT2D eigenvalue weighted by Crippen LogP contribution is 2.49. The Morgan fingerprint density at radius 1 is 1.27 bits per heavy atom. The van der Waals surface area contributed by atoms with Crippen molar-refractivity contribution in [3.8, 4) is 0 Å². The van der Waals surface area contributed by atoms with Gasteiger partial charge in [0.15, 0.2) is 0 Å². The van der Waals surface area contributed by atoms with Gasteiger partial charge in [-0.25, -0.2) is 0 Å². The largest absolute Gasteiger partial charge is 0.591 e. The molecule has 0 radical (unpaired) electrons. The number of ether oxygens (including phenoxy) is 1. The number of nitrogens with zero attached hydrogens (tertiary/aromatic N) is 1. The quantitative estimate of drug-likeness (QED) is 0.574. The second-order valence-corrected chi connectivity index (χ2v) is 11.8. The zero-order valence-corrected chi connectivity index (χ0v) is 18.9. The molecule has 1 fully saturated rings. The molecule has 5 heteroatoms. The first-order chi connectivity index (χ1) is 12.1. The molecule has 2 aliphatic rings. The molecular formula is C21H30BrNO2S. The zero-order valence-electron chi connectivity index (χ0n) is 16.5. The van der Waals surface area contributed by atoms with Crippen molar-refractivity contribution < 1.29 is 9.29 Å². The Morgan fingerprint density at radius 2 is 1.92 bits per heavy atom. The van der Waals surface area contributed by atoms with Gasteiger partial charge in [-0.05, 0) is 84.4 Å². The Kier molecular flexibility index (Phi) is 5.94. The molecule has 26 heavy (non-hydrogen) atoms. The fraction of sp³-hybridized carbons (Fsp3) is 0.667. The van der Waals surface area contributed by atoms with Gasteiger partial charge in [0.25, 0.3) is 0 Å². The van der Waals surface area contributed by atoms with E-state index in [9.17, 15) is 4.55 Å². The normalized spacial score (nSPS) is 28.8. The molecule has 0 bridgehead atoms. The lowest BCUT2D eigenvalue weighted by atomic mass is 9.70. The molecule has 1 spiro atoms. The molecule has 1 unspecified atom stereocenters. The molecule has 0 aliphatic heterocycles. The van der Waals surface area contributed by atoms with Crippen LogP contribution in [0, 0.1) is 5.41 Å². The second kappa shape index (κ2) is 7.57. The van der Waals surface area contributed by atoms with Crippen LogP contribution in [-0.4, -0.2) is 27.2 Å². The van der Waals surface area contributed by atoms with Gasteiger partial charge in [0.2, 0.25) is 0 Å². The van der Waals surface area contributed by atoms with Gasteiger partial charge in [0, 0.05) is 15.5 Å². The summed E-state index contributed by atoms with van der Waals surface area (Å²) in [6.45, 7) is 10.2. The molecule has 144 valence electrons. The van der Waals surface area contributed by atoms with Crippen LogP contribution < -0.4 is 0 Å². The summed E-state index contributed by atoms with van der Waals surface area (Å²) < 4.78 is 24.4. The highest BCUT2D eigenvalue weighted by Gasteiger charge is 2.48. The van der Waals surface area contributed by atoms with Crippen molar-refractivity contribution in [1.82, 2.24) is 0 Å². The zero-order chi connectivity index (χ0) is 19.1. The van der Waals surface area contributed by atoms with E-state index in [0.29, 0.717) is 6.10 Å². The number of hydrogen-bond donors (Lipinski definition) is 0. The summed E-state index contributed by atoms with van der Waals surface area (Å²) in [5.41, 5.74) is 3.59. The molecule has 1 aromatic rings. The summed E-state index contributed by atoms with van der Waals surface area (Å²) in [7, 11) is 0. The molecule has 1 atom stereocenters. The van der Waals surface area contributed by atoms with E-state index < -0.39 is 11.4 Å². The van der Waals surface area contributed by atoms with Gasteiger partial charge >= 0.3 is 0 Å². The minimum absolute atomic E-state index is 0.0148. The lowest BCUT2D eigenvalue weighted by molar-refractivity contribution is -0.0250. The van der Waals surface area contributed by atoms with E-state index in [0.717, 1.165) is 42.3 Å². The Labute approximate surface area is 169 Å². The molecule has 0 amide bonds. The summed E-state index contributed by atoms with van der Waals surface area (Å²) in [5.74, 6) is 0. The number of rotatable bonds is 3. The first kappa shape index (κ1) is 20.4. The van der Waals surface area contributed by atoms with Crippen molar-refractivity contribution >= 4 is 33.0 Å². The molecule has 1 aromatic carbocycles. The highest BCUT2D eigenvalue weighted by atomic mass is 79.9. The van der Waals surface area contributed by atoms with Gasteiger partial charge in [-0.2, -0.15) is 0 Å². The Bertz CT molecular complexity index is 688. The van der Waals surface area contributed by atoms with E-state index in [1.54, 1.807) is 0 Å². The Morgan fingerprint density at radius 3 is 2.50 bits per heavy atom. The maximum absolute atomic E-state index is 12.8. The van der Waals surface area contributed by atoms with Crippen molar-refractivity contribution in [3.05, 3.63) is 33.8 Å². The molecule has 1 saturated carbocycles. The standard InChI is InChI=1S/C21H30BrNO2S/c1-14(2)25-17-8-10-21(11-9-17)13-15-6-7-16(22)12-18(15)19(21)23-26(24)20(3,4)5/h6-7,12,14,17H,8-11,13H2,1-5H3/b23-19-/t17-,21-,26?. The van der Waals surface area contributed by atoms with Gasteiger partial charge in [0.1, 0.15) is 21.8 Å². The van der Waals surface area contributed by atoms with Crippen LogP contribution in [0.25, 0.3) is 0 Å². The fourth-order valence-corrected chi connectivity index (χ4v) is 5.19. The van der Waals surface area contributed by atoms with Crippen LogP contribution in [-0.2, 0) is 22.5 Å². The van der Waals surface area contributed by atoms with Gasteiger partial charge in [0.05, 0.1) is 12.2 Å². The summed E-state index contributed by atoms with van der Waals surface area (Å²) in [6, 6.07) is 6.45. The van der Waals surface area contributed by atoms with Crippen LogP contribution in [0.4, 0.5) is 0 Å². The summed E-state index contributed by atoms with van der Waals surface area (Å²) in [6.07, 6.45) is 5.82. The number of benzene rings is 1. The number of hydrogen-bond acceptors (Lipinski definition) is 3. The molecule has 2 aliphatic carbocycles. The summed E-state index contributed by atoms with van der Waals surface area (Å²) in [4.78, 5) is 0. The van der Waals surface area contributed by atoms with E-state index in [-0.39, 0.29) is 16.3 Å². The number of halogens is 1. The maximum atomic E-state index is 12.8. The first-order valence-corrected chi connectivity index (χ1v) is 11.5.